The van der Waals surface area contributed by atoms with Crippen molar-refractivity contribution in [1.29, 1.82) is 0 Å². The fourth-order valence-electron chi connectivity index (χ4n) is 5.65. The molecular formula is C39H52N4O6S. The molecule has 0 heterocycles. The highest BCUT2D eigenvalue weighted by molar-refractivity contribution is 8.00. The summed E-state index contributed by atoms with van der Waals surface area (Å²) < 4.78 is 4.69. The number of thioether (sulfide) groups is 1. The number of methoxy groups -OCH3 is 1. The summed E-state index contributed by atoms with van der Waals surface area (Å²) in [5.74, 6) is -2.24. The standard InChI is InChI=1S/C39H52N4O6S/c1-8-26(4)33(36(46)47)42-35(45)32(23-25(2)3)41-37(48)38(5,6)43-34(44)31(40)24-50-39(27-15-11-9-12-16-27,28-17-13-10-14-18-28)29-19-21-30(49-7)22-20-29/h9-22,25-26,31-33H,8,23-24,40H2,1-7H3,(H,41,48)(H,42,45)(H,43,44)(H,46,47)/t26-,31-,32-,33-/m0/s1. The van der Waals surface area contributed by atoms with Crippen molar-refractivity contribution in [1.82, 2.24) is 16.0 Å². The lowest BCUT2D eigenvalue weighted by Crippen LogP contribution is -2.62. The molecule has 3 aromatic carbocycles. The second-order valence-electron chi connectivity index (χ2n) is 13.5. The third-order valence-electron chi connectivity index (χ3n) is 8.78. The molecule has 3 aromatic rings. The molecule has 0 saturated carbocycles. The molecule has 0 aliphatic carbocycles. The average molecular weight is 705 g/mol. The smallest absolute Gasteiger partial charge is 0.326 e. The first-order valence-corrected chi connectivity index (χ1v) is 18.0. The van der Waals surface area contributed by atoms with E-state index in [1.54, 1.807) is 27.9 Å². The number of carboxylic acids is 1. The molecule has 3 rings (SSSR count). The number of nitrogens with two attached hydrogens (primary N) is 1. The van der Waals surface area contributed by atoms with E-state index in [2.05, 4.69) is 40.2 Å². The molecule has 11 heteroatoms. The van der Waals surface area contributed by atoms with Crippen molar-refractivity contribution in [2.75, 3.05) is 12.9 Å². The van der Waals surface area contributed by atoms with Gasteiger partial charge in [-0.05, 0) is 60.9 Å². The molecule has 4 atom stereocenters. The van der Waals surface area contributed by atoms with Crippen LogP contribution in [0.15, 0.2) is 84.9 Å². The van der Waals surface area contributed by atoms with Gasteiger partial charge in [-0.25, -0.2) is 4.79 Å². The van der Waals surface area contributed by atoms with Crippen LogP contribution in [0, 0.1) is 11.8 Å². The monoisotopic (exact) mass is 704 g/mol. The minimum atomic E-state index is -1.44. The van der Waals surface area contributed by atoms with Gasteiger partial charge in [-0.1, -0.05) is 107 Å². The van der Waals surface area contributed by atoms with E-state index in [-0.39, 0.29) is 24.0 Å². The molecule has 0 bridgehead atoms. The summed E-state index contributed by atoms with van der Waals surface area (Å²) in [4.78, 5) is 52.3. The second kappa shape index (κ2) is 18.1. The fraction of sp³-hybridized carbons (Fsp3) is 0.436. The van der Waals surface area contributed by atoms with E-state index in [1.165, 1.54) is 11.8 Å². The molecule has 0 saturated heterocycles. The molecule has 10 nitrogen and oxygen atoms in total. The number of hydrogen-bond donors (Lipinski definition) is 5. The molecule has 0 aliphatic heterocycles. The minimum absolute atomic E-state index is 0.0151. The molecule has 0 unspecified atom stereocenters. The molecular weight excluding hydrogens is 653 g/mol. The lowest BCUT2D eigenvalue weighted by atomic mass is 9.84. The third-order valence-corrected chi connectivity index (χ3v) is 10.4. The van der Waals surface area contributed by atoms with Crippen molar-refractivity contribution in [3.63, 3.8) is 0 Å². The first-order chi connectivity index (χ1) is 23.7. The Balaban J connectivity index is 1.83. The number of amides is 3. The van der Waals surface area contributed by atoms with E-state index in [4.69, 9.17) is 10.5 Å². The Morgan fingerprint density at radius 1 is 0.820 bits per heavy atom. The first-order valence-electron chi connectivity index (χ1n) is 17.0. The fourth-order valence-corrected chi connectivity index (χ4v) is 7.14. The van der Waals surface area contributed by atoms with Crippen LogP contribution >= 0.6 is 11.8 Å². The van der Waals surface area contributed by atoms with Crippen molar-refractivity contribution in [2.45, 2.75) is 82.8 Å². The molecule has 0 spiro atoms. The Morgan fingerprint density at radius 3 is 1.80 bits per heavy atom. The molecule has 3 amide bonds. The van der Waals surface area contributed by atoms with Crippen LogP contribution in [0.2, 0.25) is 0 Å². The van der Waals surface area contributed by atoms with E-state index < -0.39 is 52.1 Å². The van der Waals surface area contributed by atoms with Crippen LogP contribution < -0.4 is 26.4 Å². The Morgan fingerprint density at radius 2 is 1.34 bits per heavy atom. The van der Waals surface area contributed by atoms with Gasteiger partial charge >= 0.3 is 5.97 Å². The number of rotatable bonds is 18. The number of carboxylic acid groups (broad SMARTS) is 1. The molecule has 0 aliphatic rings. The number of ether oxygens (including phenoxy) is 1. The summed E-state index contributed by atoms with van der Waals surface area (Å²) in [7, 11) is 1.62. The summed E-state index contributed by atoms with van der Waals surface area (Å²) in [6.45, 7) is 10.5. The lowest BCUT2D eigenvalue weighted by molar-refractivity contribution is -0.144. The van der Waals surface area contributed by atoms with Gasteiger partial charge in [-0.15, -0.1) is 11.8 Å². The SMILES string of the molecule is CC[C@H](C)[C@H](NC(=O)[C@H](CC(C)C)NC(=O)C(C)(C)NC(=O)[C@@H](N)CSC(c1ccccc1)(c1ccccc1)c1ccc(OC)cc1)C(=O)O. The van der Waals surface area contributed by atoms with Crippen LogP contribution in [0.5, 0.6) is 5.75 Å². The normalized spacial score (nSPS) is 14.2. The van der Waals surface area contributed by atoms with Gasteiger partial charge < -0.3 is 31.5 Å². The van der Waals surface area contributed by atoms with Crippen LogP contribution in [0.1, 0.15) is 71.1 Å². The zero-order chi connectivity index (χ0) is 37.1. The third kappa shape index (κ3) is 10.1. The summed E-state index contributed by atoms with van der Waals surface area (Å²) in [5.41, 5.74) is 8.08. The number of hydrogen-bond acceptors (Lipinski definition) is 7. The van der Waals surface area contributed by atoms with Crippen molar-refractivity contribution < 1.29 is 29.0 Å². The molecule has 270 valence electrons. The average Bonchev–Trinajstić information content (AvgIpc) is 3.10. The summed E-state index contributed by atoms with van der Waals surface area (Å²) >= 11 is 1.52. The van der Waals surface area contributed by atoms with Crippen molar-refractivity contribution in [3.8, 4) is 5.75 Å². The highest BCUT2D eigenvalue weighted by Gasteiger charge is 2.40. The quantitative estimate of drug-likeness (QED) is 0.115. The van der Waals surface area contributed by atoms with E-state index >= 15 is 0 Å². The van der Waals surface area contributed by atoms with E-state index in [9.17, 15) is 24.3 Å². The van der Waals surface area contributed by atoms with E-state index in [0.717, 1.165) is 22.4 Å². The van der Waals surface area contributed by atoms with Crippen molar-refractivity contribution in [3.05, 3.63) is 102 Å². The minimum Gasteiger partial charge on any atom is -0.497 e. The number of benzene rings is 3. The molecule has 50 heavy (non-hydrogen) atoms. The molecule has 0 fully saturated rings. The predicted octanol–water partition coefficient (Wildman–Crippen LogP) is 5.09. The summed E-state index contributed by atoms with van der Waals surface area (Å²) in [6.07, 6.45) is 0.824. The van der Waals surface area contributed by atoms with Gasteiger partial charge in [0.1, 0.15) is 23.4 Å². The first kappa shape index (κ1) is 40.1. The maximum absolute atomic E-state index is 13.6. The van der Waals surface area contributed by atoms with Gasteiger partial charge in [0.25, 0.3) is 0 Å². The molecule has 6 N–H and O–H groups in total. The van der Waals surface area contributed by atoms with Crippen LogP contribution in [-0.4, -0.2) is 65.3 Å². The van der Waals surface area contributed by atoms with Gasteiger partial charge in [-0.2, -0.15) is 0 Å². The zero-order valence-corrected chi connectivity index (χ0v) is 30.9. The van der Waals surface area contributed by atoms with Gasteiger partial charge in [0.2, 0.25) is 17.7 Å². The van der Waals surface area contributed by atoms with E-state index in [0.29, 0.717) is 6.42 Å². The number of aliphatic carboxylic acids is 1. The largest absolute Gasteiger partial charge is 0.497 e. The number of carbonyl (C=O) groups is 4. The second-order valence-corrected chi connectivity index (χ2v) is 14.8. The Labute approximate surface area is 300 Å². The number of carbonyl (C=O) groups excluding carboxylic acids is 3. The van der Waals surface area contributed by atoms with E-state index in [1.807, 2.05) is 81.4 Å². The topological polar surface area (TPSA) is 160 Å². The Bertz CT molecular complexity index is 1530. The van der Waals surface area contributed by atoms with Crippen LogP contribution in [0.25, 0.3) is 0 Å². The zero-order valence-electron chi connectivity index (χ0n) is 30.1. The van der Waals surface area contributed by atoms with Crippen LogP contribution in [0.3, 0.4) is 0 Å². The Hall–Kier alpha value is -4.35. The maximum atomic E-state index is 13.6. The van der Waals surface area contributed by atoms with Gasteiger partial charge in [0.05, 0.1) is 17.9 Å². The molecule has 0 aromatic heterocycles. The summed E-state index contributed by atoms with van der Waals surface area (Å²) in [5, 5.41) is 17.8. The maximum Gasteiger partial charge on any atom is 0.326 e. The predicted molar refractivity (Wildman–Crippen MR) is 199 cm³/mol. The van der Waals surface area contributed by atoms with Crippen LogP contribution in [-0.2, 0) is 23.9 Å². The number of nitrogens with one attached hydrogen (secondary N) is 3. The van der Waals surface area contributed by atoms with Gasteiger partial charge in [0.15, 0.2) is 0 Å². The van der Waals surface area contributed by atoms with Gasteiger partial charge in [-0.3, -0.25) is 14.4 Å². The molecule has 0 radical (unpaired) electrons. The highest BCUT2D eigenvalue weighted by Crippen LogP contribution is 2.48. The Kier molecular flexibility index (Phi) is 14.5. The summed E-state index contributed by atoms with van der Waals surface area (Å²) in [6, 6.07) is 24.7. The van der Waals surface area contributed by atoms with Gasteiger partial charge in [0, 0.05) is 5.75 Å². The van der Waals surface area contributed by atoms with Crippen LogP contribution in [0.4, 0.5) is 0 Å². The van der Waals surface area contributed by atoms with Crippen molar-refractivity contribution in [2.24, 2.45) is 17.6 Å². The highest BCUT2D eigenvalue weighted by atomic mass is 32.2. The lowest BCUT2D eigenvalue weighted by Gasteiger charge is -2.36. The van der Waals surface area contributed by atoms with Crippen molar-refractivity contribution >= 4 is 35.5 Å².